The molecule has 0 unspecified atom stereocenters. The van der Waals surface area contributed by atoms with E-state index in [1.54, 1.807) is 26.2 Å². The molecule has 8 nitrogen and oxygen atoms in total. The minimum Gasteiger partial charge on any atom is -0.482 e. The second-order valence-corrected chi connectivity index (χ2v) is 6.34. The van der Waals surface area contributed by atoms with Gasteiger partial charge in [-0.05, 0) is 19.1 Å². The smallest absolute Gasteiger partial charge is 0.275 e. The van der Waals surface area contributed by atoms with Gasteiger partial charge in [0.1, 0.15) is 29.0 Å². The molecule has 0 saturated carbocycles. The van der Waals surface area contributed by atoms with Crippen LogP contribution in [-0.4, -0.2) is 33.0 Å². The summed E-state index contributed by atoms with van der Waals surface area (Å²) in [6.45, 7) is 2.21. The van der Waals surface area contributed by atoms with Crippen molar-refractivity contribution in [1.82, 2.24) is 20.0 Å². The molecule has 1 amide bonds. The van der Waals surface area contributed by atoms with Crippen molar-refractivity contribution in [3.8, 4) is 5.75 Å². The van der Waals surface area contributed by atoms with Crippen LogP contribution in [0.1, 0.15) is 27.8 Å². The number of benzene rings is 1. The first-order valence-corrected chi connectivity index (χ1v) is 8.69. The Morgan fingerprint density at radius 3 is 2.93 bits per heavy atom. The summed E-state index contributed by atoms with van der Waals surface area (Å²) in [4.78, 5) is 22.6. The van der Waals surface area contributed by atoms with E-state index in [9.17, 15) is 4.79 Å². The molecule has 0 aliphatic carbocycles. The number of amides is 1. The van der Waals surface area contributed by atoms with E-state index >= 15 is 0 Å². The molecule has 3 heterocycles. The van der Waals surface area contributed by atoms with Gasteiger partial charge in [0.05, 0.1) is 6.54 Å². The van der Waals surface area contributed by atoms with Crippen LogP contribution in [0.4, 0.5) is 0 Å². The number of fused-ring (bicyclic) bond motifs is 1. The van der Waals surface area contributed by atoms with E-state index in [4.69, 9.17) is 13.7 Å². The predicted molar refractivity (Wildman–Crippen MR) is 99.6 cm³/mol. The van der Waals surface area contributed by atoms with Crippen molar-refractivity contribution in [2.75, 3.05) is 7.05 Å². The molecular weight excluding hydrogens is 360 g/mol. The number of oxazole rings is 1. The van der Waals surface area contributed by atoms with Crippen molar-refractivity contribution in [2.24, 2.45) is 0 Å². The molecular formula is C20H18N4O4. The lowest BCUT2D eigenvalue weighted by atomic mass is 10.2. The van der Waals surface area contributed by atoms with Crippen LogP contribution in [0.15, 0.2) is 57.8 Å². The zero-order valence-corrected chi connectivity index (χ0v) is 15.5. The number of rotatable bonds is 6. The SMILES string of the molecule is Cc1cc(CN(C)C(=O)c2coc(COc3cccc4cccnc34)n2)no1. The lowest BCUT2D eigenvalue weighted by molar-refractivity contribution is 0.0776. The highest BCUT2D eigenvalue weighted by atomic mass is 16.5. The van der Waals surface area contributed by atoms with Gasteiger partial charge in [0, 0.05) is 24.7 Å². The van der Waals surface area contributed by atoms with E-state index in [0.717, 1.165) is 10.9 Å². The van der Waals surface area contributed by atoms with Crippen molar-refractivity contribution >= 4 is 16.8 Å². The molecule has 4 aromatic rings. The van der Waals surface area contributed by atoms with Crippen molar-refractivity contribution < 1.29 is 18.5 Å². The molecule has 0 fully saturated rings. The first-order valence-electron chi connectivity index (χ1n) is 8.69. The number of para-hydroxylation sites is 1. The van der Waals surface area contributed by atoms with Crippen molar-refractivity contribution in [2.45, 2.75) is 20.1 Å². The number of ether oxygens (including phenoxy) is 1. The average molecular weight is 378 g/mol. The van der Waals surface area contributed by atoms with Crippen LogP contribution >= 0.6 is 0 Å². The van der Waals surface area contributed by atoms with Gasteiger partial charge >= 0.3 is 0 Å². The summed E-state index contributed by atoms with van der Waals surface area (Å²) in [6, 6.07) is 11.3. The maximum atomic E-state index is 12.5. The summed E-state index contributed by atoms with van der Waals surface area (Å²) in [5.74, 6) is 1.35. The highest BCUT2D eigenvalue weighted by Crippen LogP contribution is 2.23. The monoisotopic (exact) mass is 378 g/mol. The van der Waals surface area contributed by atoms with E-state index in [-0.39, 0.29) is 18.2 Å². The van der Waals surface area contributed by atoms with E-state index in [1.807, 2.05) is 30.3 Å². The fraction of sp³-hybridized carbons (Fsp3) is 0.200. The van der Waals surface area contributed by atoms with Gasteiger partial charge in [-0.3, -0.25) is 9.78 Å². The fourth-order valence-electron chi connectivity index (χ4n) is 2.81. The van der Waals surface area contributed by atoms with E-state index in [1.165, 1.54) is 11.2 Å². The number of carbonyl (C=O) groups excluding carboxylic acids is 1. The molecule has 142 valence electrons. The standard InChI is InChI=1S/C20H18N4O4/c1-13-9-15(23-28-13)10-24(2)20(25)16-11-27-18(22-16)12-26-17-7-3-5-14-6-4-8-21-19(14)17/h3-9,11H,10,12H2,1-2H3. The molecule has 1 aromatic carbocycles. The zero-order valence-electron chi connectivity index (χ0n) is 15.5. The maximum Gasteiger partial charge on any atom is 0.275 e. The van der Waals surface area contributed by atoms with Crippen molar-refractivity contribution in [3.05, 3.63) is 71.9 Å². The minimum atomic E-state index is -0.275. The topological polar surface area (TPSA) is 94.5 Å². The lowest BCUT2D eigenvalue weighted by Gasteiger charge is -2.13. The predicted octanol–water partition coefficient (Wildman–Crippen LogP) is 3.37. The molecule has 3 aromatic heterocycles. The van der Waals surface area contributed by atoms with Crippen LogP contribution in [0.3, 0.4) is 0 Å². The Hall–Kier alpha value is -3.68. The zero-order chi connectivity index (χ0) is 19.5. The normalized spacial score (nSPS) is 10.9. The van der Waals surface area contributed by atoms with Gasteiger partial charge in [0.2, 0.25) is 5.89 Å². The summed E-state index contributed by atoms with van der Waals surface area (Å²) in [7, 11) is 1.67. The van der Waals surface area contributed by atoms with Crippen LogP contribution in [-0.2, 0) is 13.2 Å². The highest BCUT2D eigenvalue weighted by molar-refractivity contribution is 5.91. The average Bonchev–Trinajstić information content (AvgIpc) is 3.34. The lowest BCUT2D eigenvalue weighted by Crippen LogP contribution is -2.26. The van der Waals surface area contributed by atoms with Gasteiger partial charge < -0.3 is 18.6 Å². The molecule has 0 atom stereocenters. The van der Waals surface area contributed by atoms with Crippen LogP contribution < -0.4 is 4.74 Å². The molecule has 28 heavy (non-hydrogen) atoms. The van der Waals surface area contributed by atoms with Crippen LogP contribution in [0.25, 0.3) is 10.9 Å². The van der Waals surface area contributed by atoms with Crippen molar-refractivity contribution in [3.63, 3.8) is 0 Å². The number of nitrogens with zero attached hydrogens (tertiary/aromatic N) is 4. The molecule has 8 heteroatoms. The Morgan fingerprint density at radius 1 is 1.25 bits per heavy atom. The number of pyridine rings is 1. The molecule has 0 radical (unpaired) electrons. The number of carbonyl (C=O) groups is 1. The third kappa shape index (κ3) is 3.71. The summed E-state index contributed by atoms with van der Waals surface area (Å²) < 4.78 is 16.2. The summed E-state index contributed by atoms with van der Waals surface area (Å²) in [6.07, 6.45) is 3.04. The number of aromatic nitrogens is 3. The van der Waals surface area contributed by atoms with Gasteiger partial charge in [-0.1, -0.05) is 23.4 Å². The molecule has 4 rings (SSSR count). The summed E-state index contributed by atoms with van der Waals surface area (Å²) >= 11 is 0. The molecule has 0 N–H and O–H groups in total. The molecule has 0 spiro atoms. The Balaban J connectivity index is 1.41. The Kier molecular flexibility index (Phi) is 4.76. The Labute approximate surface area is 160 Å². The van der Waals surface area contributed by atoms with Gasteiger partial charge in [-0.15, -0.1) is 0 Å². The third-order valence-electron chi connectivity index (χ3n) is 4.14. The van der Waals surface area contributed by atoms with E-state index in [0.29, 0.717) is 29.6 Å². The molecule has 0 bridgehead atoms. The second kappa shape index (κ2) is 7.51. The van der Waals surface area contributed by atoms with E-state index in [2.05, 4.69) is 15.1 Å². The van der Waals surface area contributed by atoms with E-state index < -0.39 is 0 Å². The van der Waals surface area contributed by atoms with Gasteiger partial charge in [0.25, 0.3) is 5.91 Å². The minimum absolute atomic E-state index is 0.0924. The van der Waals surface area contributed by atoms with Gasteiger partial charge in [0.15, 0.2) is 12.3 Å². The largest absolute Gasteiger partial charge is 0.482 e. The Bertz CT molecular complexity index is 1110. The maximum absolute atomic E-state index is 12.5. The second-order valence-electron chi connectivity index (χ2n) is 6.34. The highest BCUT2D eigenvalue weighted by Gasteiger charge is 2.18. The number of hydrogen-bond acceptors (Lipinski definition) is 7. The summed E-state index contributed by atoms with van der Waals surface area (Å²) in [5, 5.41) is 4.87. The third-order valence-corrected chi connectivity index (χ3v) is 4.14. The van der Waals surface area contributed by atoms with Gasteiger partial charge in [-0.25, -0.2) is 4.98 Å². The molecule has 0 aliphatic rings. The number of aryl methyl sites for hydroxylation is 1. The fourth-order valence-corrected chi connectivity index (χ4v) is 2.81. The first-order chi connectivity index (χ1) is 13.6. The quantitative estimate of drug-likeness (QED) is 0.508. The number of hydrogen-bond donors (Lipinski definition) is 0. The van der Waals surface area contributed by atoms with Crippen LogP contribution in [0.5, 0.6) is 5.75 Å². The van der Waals surface area contributed by atoms with Crippen LogP contribution in [0, 0.1) is 6.92 Å². The molecule has 0 aliphatic heterocycles. The van der Waals surface area contributed by atoms with Crippen molar-refractivity contribution in [1.29, 1.82) is 0 Å². The van der Waals surface area contributed by atoms with Gasteiger partial charge in [-0.2, -0.15) is 0 Å². The van der Waals surface area contributed by atoms with Crippen LogP contribution in [0.2, 0.25) is 0 Å². The Morgan fingerprint density at radius 2 is 2.11 bits per heavy atom. The molecule has 0 saturated heterocycles. The first kappa shape index (κ1) is 17.7. The summed E-state index contributed by atoms with van der Waals surface area (Å²) in [5.41, 5.74) is 1.64.